The van der Waals surface area contributed by atoms with Crippen molar-refractivity contribution in [2.75, 3.05) is 11.9 Å². The van der Waals surface area contributed by atoms with E-state index in [0.29, 0.717) is 18.8 Å². The van der Waals surface area contributed by atoms with Crippen molar-refractivity contribution >= 4 is 17.3 Å². The molecule has 5 nitrogen and oxygen atoms in total. The van der Waals surface area contributed by atoms with E-state index in [4.69, 9.17) is 11.6 Å². The molecule has 1 aromatic rings. The smallest absolute Gasteiger partial charge is 0.287 e. The zero-order valence-electron chi connectivity index (χ0n) is 11.9. The van der Waals surface area contributed by atoms with E-state index in [1.54, 1.807) is 6.20 Å². The highest BCUT2D eigenvalue weighted by atomic mass is 35.5. The fraction of sp³-hybridized carbons (Fsp3) is 0.714. The quantitative estimate of drug-likeness (QED) is 0.876. The van der Waals surface area contributed by atoms with Gasteiger partial charge in [-0.3, -0.25) is 4.79 Å². The van der Waals surface area contributed by atoms with Crippen molar-refractivity contribution in [2.45, 2.75) is 57.6 Å². The molecule has 0 atom stereocenters. The van der Waals surface area contributed by atoms with Crippen LogP contribution < -0.4 is 10.9 Å². The minimum absolute atomic E-state index is 0.146. The van der Waals surface area contributed by atoms with Crippen LogP contribution in [0.1, 0.15) is 45.4 Å². The van der Waals surface area contributed by atoms with Gasteiger partial charge in [-0.05, 0) is 19.3 Å². The van der Waals surface area contributed by atoms with Crippen LogP contribution in [0.15, 0.2) is 11.0 Å². The molecule has 1 aromatic heterocycles. The molecular formula is C14H22ClN3O2. The van der Waals surface area contributed by atoms with Gasteiger partial charge in [-0.1, -0.05) is 37.8 Å². The van der Waals surface area contributed by atoms with E-state index in [1.807, 2.05) is 6.92 Å². The van der Waals surface area contributed by atoms with E-state index in [1.165, 1.54) is 11.1 Å². The predicted molar refractivity (Wildman–Crippen MR) is 80.3 cm³/mol. The lowest BCUT2D eigenvalue weighted by molar-refractivity contribution is 0.0167. The van der Waals surface area contributed by atoms with Crippen LogP contribution in [0.3, 0.4) is 0 Å². The monoisotopic (exact) mass is 299 g/mol. The number of rotatable bonds is 5. The summed E-state index contributed by atoms with van der Waals surface area (Å²) in [4.78, 5) is 12.0. The Morgan fingerprint density at radius 1 is 1.45 bits per heavy atom. The Morgan fingerprint density at radius 2 is 2.15 bits per heavy atom. The fourth-order valence-corrected chi connectivity index (χ4v) is 2.82. The van der Waals surface area contributed by atoms with Gasteiger partial charge >= 0.3 is 0 Å². The molecule has 112 valence electrons. The first kappa shape index (κ1) is 15.3. The third kappa shape index (κ3) is 3.52. The fourth-order valence-electron chi connectivity index (χ4n) is 2.61. The van der Waals surface area contributed by atoms with Gasteiger partial charge in [-0.15, -0.1) is 0 Å². The average molecular weight is 300 g/mol. The molecule has 0 radical (unpaired) electrons. The lowest BCUT2D eigenvalue weighted by atomic mass is 9.85. The van der Waals surface area contributed by atoms with Gasteiger partial charge in [0.1, 0.15) is 5.02 Å². The van der Waals surface area contributed by atoms with Gasteiger partial charge in [0.05, 0.1) is 17.5 Å². The Balaban J connectivity index is 2.06. The van der Waals surface area contributed by atoms with Crippen molar-refractivity contribution in [2.24, 2.45) is 0 Å². The number of nitrogens with one attached hydrogen (secondary N) is 1. The molecule has 1 heterocycles. The maximum Gasteiger partial charge on any atom is 0.287 e. The second-order valence-electron chi connectivity index (χ2n) is 5.54. The molecule has 0 aromatic carbocycles. The zero-order chi connectivity index (χ0) is 14.6. The molecule has 1 saturated carbocycles. The highest BCUT2D eigenvalue weighted by Gasteiger charge is 2.29. The second kappa shape index (κ2) is 6.59. The number of nitrogens with zero attached hydrogens (tertiary/aromatic N) is 2. The van der Waals surface area contributed by atoms with Crippen molar-refractivity contribution < 1.29 is 5.11 Å². The second-order valence-corrected chi connectivity index (χ2v) is 5.92. The first-order chi connectivity index (χ1) is 9.56. The molecule has 1 aliphatic carbocycles. The first-order valence-electron chi connectivity index (χ1n) is 7.27. The van der Waals surface area contributed by atoms with Gasteiger partial charge in [-0.2, -0.15) is 5.10 Å². The van der Waals surface area contributed by atoms with E-state index >= 15 is 0 Å². The van der Waals surface area contributed by atoms with Crippen molar-refractivity contribution in [3.8, 4) is 0 Å². The molecule has 2 N–H and O–H groups in total. The molecule has 0 aliphatic heterocycles. The lowest BCUT2D eigenvalue weighted by Crippen LogP contribution is -2.39. The number of halogens is 1. The van der Waals surface area contributed by atoms with Gasteiger partial charge in [0.25, 0.3) is 5.56 Å². The normalized spacial score (nSPS) is 17.9. The molecular weight excluding hydrogens is 278 g/mol. The van der Waals surface area contributed by atoms with Gasteiger partial charge in [0.15, 0.2) is 0 Å². The Kier molecular flexibility index (Phi) is 5.05. The first-order valence-corrected chi connectivity index (χ1v) is 7.65. The summed E-state index contributed by atoms with van der Waals surface area (Å²) in [5, 5.41) is 17.7. The summed E-state index contributed by atoms with van der Waals surface area (Å²) in [6, 6.07) is 0. The molecule has 0 spiro atoms. The summed E-state index contributed by atoms with van der Waals surface area (Å²) < 4.78 is 1.36. The predicted octanol–water partition coefficient (Wildman–Crippen LogP) is 2.41. The Bertz CT molecular complexity index is 510. The maximum atomic E-state index is 12.0. The van der Waals surface area contributed by atoms with E-state index in [0.717, 1.165) is 32.1 Å². The molecule has 0 unspecified atom stereocenters. The summed E-state index contributed by atoms with van der Waals surface area (Å²) in [6.07, 6.45) is 7.24. The molecule has 0 bridgehead atoms. The number of hydrogen-bond donors (Lipinski definition) is 2. The lowest BCUT2D eigenvalue weighted by Gasteiger charge is -2.32. The summed E-state index contributed by atoms with van der Waals surface area (Å²) in [5.74, 6) is 0. The van der Waals surface area contributed by atoms with Crippen molar-refractivity contribution in [1.29, 1.82) is 0 Å². The maximum absolute atomic E-state index is 12.0. The number of aryl methyl sites for hydroxylation is 1. The summed E-state index contributed by atoms with van der Waals surface area (Å²) >= 11 is 6.08. The van der Waals surface area contributed by atoms with Crippen LogP contribution in [0.4, 0.5) is 5.69 Å². The molecule has 1 fully saturated rings. The Hall–Kier alpha value is -1.07. The van der Waals surface area contributed by atoms with E-state index < -0.39 is 5.60 Å². The Labute approximate surface area is 124 Å². The van der Waals surface area contributed by atoms with Gasteiger partial charge in [0.2, 0.25) is 0 Å². The standard InChI is InChI=1S/C14H22ClN3O2/c1-2-8-18-13(19)12(15)11(9-17-18)16-10-14(20)6-4-3-5-7-14/h9,16,20H,2-8,10H2,1H3. The van der Waals surface area contributed by atoms with Crippen molar-refractivity contribution in [3.05, 3.63) is 21.6 Å². The SMILES string of the molecule is CCCn1ncc(NCC2(O)CCCCC2)c(Cl)c1=O. The third-order valence-corrected chi connectivity index (χ3v) is 4.18. The molecule has 1 aliphatic rings. The highest BCUT2D eigenvalue weighted by molar-refractivity contribution is 6.32. The zero-order valence-corrected chi connectivity index (χ0v) is 12.6. The summed E-state index contributed by atoms with van der Waals surface area (Å²) in [5.41, 5.74) is -0.475. The molecule has 6 heteroatoms. The van der Waals surface area contributed by atoms with Crippen LogP contribution in [0.5, 0.6) is 0 Å². The molecule has 2 rings (SSSR count). The van der Waals surface area contributed by atoms with Crippen LogP contribution in [-0.4, -0.2) is 27.0 Å². The summed E-state index contributed by atoms with van der Waals surface area (Å²) in [7, 11) is 0. The van der Waals surface area contributed by atoms with Gasteiger partial charge in [0, 0.05) is 13.1 Å². The van der Waals surface area contributed by atoms with Gasteiger partial charge < -0.3 is 10.4 Å². The number of aliphatic hydroxyl groups is 1. The number of aromatic nitrogens is 2. The van der Waals surface area contributed by atoms with Crippen LogP contribution in [-0.2, 0) is 6.54 Å². The van der Waals surface area contributed by atoms with Crippen molar-refractivity contribution in [1.82, 2.24) is 9.78 Å². The number of hydrogen-bond acceptors (Lipinski definition) is 4. The average Bonchev–Trinajstić information content (AvgIpc) is 2.44. The van der Waals surface area contributed by atoms with Crippen molar-refractivity contribution in [3.63, 3.8) is 0 Å². The van der Waals surface area contributed by atoms with E-state index in [-0.39, 0.29) is 10.6 Å². The molecule has 0 amide bonds. The van der Waals surface area contributed by atoms with E-state index in [9.17, 15) is 9.90 Å². The Morgan fingerprint density at radius 3 is 2.80 bits per heavy atom. The van der Waals surface area contributed by atoms with E-state index in [2.05, 4.69) is 10.4 Å². The van der Waals surface area contributed by atoms with Gasteiger partial charge in [-0.25, -0.2) is 4.68 Å². The number of anilines is 1. The van der Waals surface area contributed by atoms with Crippen LogP contribution in [0, 0.1) is 0 Å². The summed E-state index contributed by atoms with van der Waals surface area (Å²) in [6.45, 7) is 2.95. The molecule has 20 heavy (non-hydrogen) atoms. The third-order valence-electron chi connectivity index (χ3n) is 3.81. The minimum Gasteiger partial charge on any atom is -0.388 e. The molecule has 0 saturated heterocycles. The highest BCUT2D eigenvalue weighted by Crippen LogP contribution is 2.28. The minimum atomic E-state index is -0.695. The largest absolute Gasteiger partial charge is 0.388 e. The van der Waals surface area contributed by atoms with Crippen LogP contribution >= 0.6 is 11.6 Å². The van der Waals surface area contributed by atoms with Crippen LogP contribution in [0.25, 0.3) is 0 Å². The van der Waals surface area contributed by atoms with Crippen LogP contribution in [0.2, 0.25) is 5.02 Å². The topological polar surface area (TPSA) is 67.2 Å².